The summed E-state index contributed by atoms with van der Waals surface area (Å²) in [5.41, 5.74) is 2.29. The Bertz CT molecular complexity index is 1370. The van der Waals surface area contributed by atoms with Crippen LogP contribution in [0.5, 0.6) is 5.75 Å². The second-order valence-corrected chi connectivity index (χ2v) is 9.13. The molecule has 1 atom stereocenters. The number of methoxy groups -OCH3 is 1. The summed E-state index contributed by atoms with van der Waals surface area (Å²) >= 11 is 0. The molecule has 0 aliphatic rings. The Kier molecular flexibility index (Phi) is 8.12. The first-order valence-electron chi connectivity index (χ1n) is 12.1. The van der Waals surface area contributed by atoms with Crippen LogP contribution in [-0.2, 0) is 16.1 Å². The van der Waals surface area contributed by atoms with Gasteiger partial charge in [0, 0.05) is 18.3 Å². The van der Waals surface area contributed by atoms with Gasteiger partial charge in [-0.15, -0.1) is 5.10 Å². The molecular formula is C28H30FN5O3. The number of nitrogens with zero attached hydrogens (tertiary/aromatic N) is 4. The van der Waals surface area contributed by atoms with Crippen molar-refractivity contribution in [2.45, 2.75) is 32.9 Å². The maximum atomic E-state index is 14.0. The molecule has 0 aliphatic heterocycles. The Morgan fingerprint density at radius 1 is 1.05 bits per heavy atom. The van der Waals surface area contributed by atoms with E-state index >= 15 is 0 Å². The van der Waals surface area contributed by atoms with Crippen molar-refractivity contribution in [3.8, 4) is 5.75 Å². The van der Waals surface area contributed by atoms with Crippen LogP contribution in [0.4, 0.5) is 10.1 Å². The van der Waals surface area contributed by atoms with Crippen molar-refractivity contribution in [3.05, 3.63) is 84.2 Å². The predicted octanol–water partition coefficient (Wildman–Crippen LogP) is 4.52. The van der Waals surface area contributed by atoms with Crippen molar-refractivity contribution in [2.75, 3.05) is 18.6 Å². The van der Waals surface area contributed by atoms with Crippen molar-refractivity contribution in [1.29, 1.82) is 0 Å². The third kappa shape index (κ3) is 6.11. The number of hydrogen-bond donors (Lipinski definition) is 1. The molecule has 3 aromatic carbocycles. The first-order valence-corrected chi connectivity index (χ1v) is 12.1. The van der Waals surface area contributed by atoms with E-state index in [1.165, 1.54) is 41.0 Å². The minimum absolute atomic E-state index is 0.158. The zero-order valence-corrected chi connectivity index (χ0v) is 21.1. The van der Waals surface area contributed by atoms with Gasteiger partial charge in [-0.25, -0.2) is 9.07 Å². The molecule has 4 rings (SSSR count). The molecule has 9 heteroatoms. The van der Waals surface area contributed by atoms with Gasteiger partial charge in [0.25, 0.3) is 0 Å². The van der Waals surface area contributed by atoms with Gasteiger partial charge in [-0.3, -0.25) is 14.5 Å². The molecule has 0 spiro atoms. The number of carbonyl (C=O) groups is 2. The highest BCUT2D eigenvalue weighted by Gasteiger charge is 2.33. The third-order valence-corrected chi connectivity index (χ3v) is 6.02. The lowest BCUT2D eigenvalue weighted by molar-refractivity contribution is -0.127. The van der Waals surface area contributed by atoms with Crippen molar-refractivity contribution in [1.82, 2.24) is 20.3 Å². The van der Waals surface area contributed by atoms with Crippen LogP contribution in [0.3, 0.4) is 0 Å². The Balaban J connectivity index is 1.78. The van der Waals surface area contributed by atoms with Crippen molar-refractivity contribution >= 4 is 28.5 Å². The molecule has 0 saturated heterocycles. The molecular weight excluding hydrogens is 473 g/mol. The van der Waals surface area contributed by atoms with Gasteiger partial charge in [0.05, 0.1) is 12.6 Å². The maximum Gasteiger partial charge on any atom is 0.249 e. The fraction of sp³-hybridized carbons (Fsp3) is 0.286. The Hall–Kier alpha value is -4.27. The van der Waals surface area contributed by atoms with Gasteiger partial charge in [0.15, 0.2) is 0 Å². The number of nitrogens with one attached hydrogen (secondary N) is 1. The summed E-state index contributed by atoms with van der Waals surface area (Å²) < 4.78 is 20.7. The summed E-state index contributed by atoms with van der Waals surface area (Å²) in [6.07, 6.45) is 0.778. The molecule has 1 aromatic heterocycles. The quantitative estimate of drug-likeness (QED) is 0.344. The van der Waals surface area contributed by atoms with Crippen molar-refractivity contribution in [3.63, 3.8) is 0 Å². The number of aromatic nitrogens is 3. The Morgan fingerprint density at radius 2 is 1.81 bits per heavy atom. The zero-order chi connectivity index (χ0) is 26.4. The molecule has 2 amide bonds. The lowest BCUT2D eigenvalue weighted by atomic mass is 10.0. The van der Waals surface area contributed by atoms with Gasteiger partial charge < -0.3 is 10.1 Å². The monoisotopic (exact) mass is 503 g/mol. The van der Waals surface area contributed by atoms with E-state index in [0.717, 1.165) is 6.42 Å². The summed E-state index contributed by atoms with van der Waals surface area (Å²) in [5, 5.41) is 11.2. The number of para-hydroxylation sites is 1. The third-order valence-electron chi connectivity index (χ3n) is 6.02. The number of ether oxygens (including phenoxy) is 1. The van der Waals surface area contributed by atoms with E-state index in [0.29, 0.717) is 40.5 Å². The van der Waals surface area contributed by atoms with Gasteiger partial charge in [-0.2, -0.15) is 0 Å². The predicted molar refractivity (Wildman–Crippen MR) is 140 cm³/mol. The second kappa shape index (κ2) is 11.6. The first-order chi connectivity index (χ1) is 17.9. The van der Waals surface area contributed by atoms with Gasteiger partial charge in [-0.1, -0.05) is 49.4 Å². The van der Waals surface area contributed by atoms with Gasteiger partial charge in [0.2, 0.25) is 11.8 Å². The zero-order valence-electron chi connectivity index (χ0n) is 21.1. The van der Waals surface area contributed by atoms with Crippen LogP contribution >= 0.6 is 0 Å². The van der Waals surface area contributed by atoms with Gasteiger partial charge in [-0.05, 0) is 54.3 Å². The number of fused-ring (bicyclic) bond motifs is 1. The van der Waals surface area contributed by atoms with Crippen LogP contribution in [0.25, 0.3) is 11.0 Å². The fourth-order valence-corrected chi connectivity index (χ4v) is 4.08. The lowest BCUT2D eigenvalue weighted by Crippen LogP contribution is -2.45. The van der Waals surface area contributed by atoms with E-state index in [9.17, 15) is 14.0 Å². The SMILES string of the molecule is COc1cccc(N(C(=O)Cn2nnc3ccccc32)[C@H](C(=O)NCCC(C)C)c2ccc(F)cc2)c1. The van der Waals surface area contributed by atoms with E-state index in [2.05, 4.69) is 29.5 Å². The highest BCUT2D eigenvalue weighted by Crippen LogP contribution is 2.31. The van der Waals surface area contributed by atoms with Gasteiger partial charge in [0.1, 0.15) is 29.7 Å². The molecule has 0 fully saturated rings. The first kappa shape index (κ1) is 25.8. The molecule has 192 valence electrons. The summed E-state index contributed by atoms with van der Waals surface area (Å²) in [6, 6.07) is 18.8. The Morgan fingerprint density at radius 3 is 2.54 bits per heavy atom. The minimum Gasteiger partial charge on any atom is -0.497 e. The number of benzene rings is 3. The molecule has 37 heavy (non-hydrogen) atoms. The molecule has 1 N–H and O–H groups in total. The van der Waals surface area contributed by atoms with Crippen LogP contribution in [0.2, 0.25) is 0 Å². The van der Waals surface area contributed by atoms with E-state index in [1.807, 2.05) is 24.3 Å². The average molecular weight is 504 g/mol. The van der Waals surface area contributed by atoms with Crippen molar-refractivity contribution in [2.24, 2.45) is 5.92 Å². The summed E-state index contributed by atoms with van der Waals surface area (Å²) in [4.78, 5) is 29.0. The smallest absolute Gasteiger partial charge is 0.249 e. The normalized spacial score (nSPS) is 11.9. The number of rotatable bonds is 10. The fourth-order valence-electron chi connectivity index (χ4n) is 4.08. The van der Waals surface area contributed by atoms with Crippen LogP contribution in [-0.4, -0.2) is 40.5 Å². The van der Waals surface area contributed by atoms with E-state index in [-0.39, 0.29) is 12.5 Å². The number of hydrogen-bond acceptors (Lipinski definition) is 5. The minimum atomic E-state index is -1.05. The molecule has 8 nitrogen and oxygen atoms in total. The standard InChI is InChI=1S/C28H30FN5O3/c1-19(2)15-16-30-28(36)27(20-11-13-21(29)14-12-20)34(22-7-6-8-23(17-22)37-3)26(35)18-33-25-10-5-4-9-24(25)31-32-33/h4-14,17,19,27H,15-16,18H2,1-3H3,(H,30,36)/t27-/m0/s1. The van der Waals surface area contributed by atoms with Crippen LogP contribution in [0.1, 0.15) is 31.9 Å². The van der Waals surface area contributed by atoms with Gasteiger partial charge >= 0.3 is 0 Å². The molecule has 0 aliphatic carbocycles. The van der Waals surface area contributed by atoms with Crippen LogP contribution in [0.15, 0.2) is 72.8 Å². The van der Waals surface area contributed by atoms with E-state index in [4.69, 9.17) is 4.74 Å². The molecule has 0 radical (unpaired) electrons. The molecule has 4 aromatic rings. The summed E-state index contributed by atoms with van der Waals surface area (Å²) in [7, 11) is 1.53. The topological polar surface area (TPSA) is 89.3 Å². The highest BCUT2D eigenvalue weighted by molar-refractivity contribution is 6.01. The van der Waals surface area contributed by atoms with Crippen molar-refractivity contribution < 1.29 is 18.7 Å². The second-order valence-electron chi connectivity index (χ2n) is 9.13. The molecule has 1 heterocycles. The van der Waals surface area contributed by atoms with Crippen LogP contribution < -0.4 is 15.0 Å². The lowest BCUT2D eigenvalue weighted by Gasteiger charge is -2.32. The molecule has 0 unspecified atom stereocenters. The largest absolute Gasteiger partial charge is 0.497 e. The number of halogens is 1. The Labute approximate surface area is 215 Å². The number of carbonyl (C=O) groups excluding carboxylic acids is 2. The highest BCUT2D eigenvalue weighted by atomic mass is 19.1. The maximum absolute atomic E-state index is 14.0. The average Bonchev–Trinajstić information content (AvgIpc) is 3.30. The number of amides is 2. The van der Waals surface area contributed by atoms with E-state index in [1.54, 1.807) is 24.3 Å². The molecule has 0 bridgehead atoms. The summed E-state index contributed by atoms with van der Waals surface area (Å²) in [5.74, 6) is -0.277. The molecule has 0 saturated carbocycles. The van der Waals surface area contributed by atoms with E-state index < -0.39 is 17.8 Å². The van der Waals surface area contributed by atoms with Crippen LogP contribution in [0, 0.1) is 11.7 Å². The number of anilines is 1. The summed E-state index contributed by atoms with van der Waals surface area (Å²) in [6.45, 7) is 4.42.